The zero-order valence-electron chi connectivity index (χ0n) is 8.13. The van der Waals surface area contributed by atoms with Crippen molar-refractivity contribution in [3.05, 3.63) is 47.1 Å². The average Bonchev–Trinajstić information content (AvgIpc) is 2.88. The number of oxazole rings is 1. The van der Waals surface area contributed by atoms with Crippen LogP contribution in [0, 0.1) is 0 Å². The number of hydrogen-bond donors (Lipinski definition) is 1. The Morgan fingerprint density at radius 1 is 1.31 bits per heavy atom. The van der Waals surface area contributed by atoms with Crippen LogP contribution < -0.4 is 0 Å². The number of benzene rings is 1. The van der Waals surface area contributed by atoms with E-state index >= 15 is 0 Å². The van der Waals surface area contributed by atoms with E-state index in [9.17, 15) is 0 Å². The molecule has 82 valence electrons. The van der Waals surface area contributed by atoms with Crippen molar-refractivity contribution >= 4 is 34.0 Å². The summed E-state index contributed by atoms with van der Waals surface area (Å²) in [4.78, 5) is 3.93. The first-order valence-corrected chi connectivity index (χ1v) is 5.73. The lowest BCUT2D eigenvalue weighted by Crippen LogP contribution is -1.65. The Morgan fingerprint density at radius 2 is 2.19 bits per heavy atom. The Bertz CT molecular complexity index is 562. The van der Waals surface area contributed by atoms with Gasteiger partial charge in [0, 0.05) is 5.02 Å². The predicted octanol–water partition coefficient (Wildman–Crippen LogP) is 3.93. The molecule has 0 amide bonds. The summed E-state index contributed by atoms with van der Waals surface area (Å²) in [6, 6.07) is 8.80. The molecule has 0 saturated carbocycles. The number of nitrogens with zero attached hydrogens (tertiary/aromatic N) is 1. The Labute approximate surface area is 101 Å². The minimum atomic E-state index is 0.384. The molecule has 0 bridgehead atoms. The molecule has 1 N–H and O–H groups in total. The van der Waals surface area contributed by atoms with Gasteiger partial charge in [-0.05, 0) is 35.7 Å². The summed E-state index contributed by atoms with van der Waals surface area (Å²) in [6.45, 7) is 0. The molecule has 0 fully saturated rings. The number of thiophene rings is 1. The summed E-state index contributed by atoms with van der Waals surface area (Å²) in [5, 5.41) is 11.4. The van der Waals surface area contributed by atoms with E-state index in [0.29, 0.717) is 10.1 Å². The van der Waals surface area contributed by atoms with Gasteiger partial charge in [0.25, 0.3) is 0 Å². The van der Waals surface area contributed by atoms with Gasteiger partial charge in [-0.15, -0.1) is 11.3 Å². The Morgan fingerprint density at radius 3 is 2.81 bits per heavy atom. The zero-order valence-corrected chi connectivity index (χ0v) is 9.70. The van der Waals surface area contributed by atoms with Crippen molar-refractivity contribution < 1.29 is 9.52 Å². The first-order chi connectivity index (χ1) is 7.75. The molecule has 3 aromatic rings. The summed E-state index contributed by atoms with van der Waals surface area (Å²) in [6.07, 6.45) is 1.40. The average molecular weight is 254 g/mol. The fourth-order valence-electron chi connectivity index (χ4n) is 1.10. The third-order valence-electron chi connectivity index (χ3n) is 1.80. The molecule has 0 radical (unpaired) electrons. The summed E-state index contributed by atoms with van der Waals surface area (Å²) < 4.78 is 5.00. The molecule has 0 spiro atoms. The van der Waals surface area contributed by atoms with Crippen LogP contribution in [0.15, 0.2) is 46.5 Å². The van der Waals surface area contributed by atoms with Gasteiger partial charge in [-0.3, -0.25) is 0 Å². The van der Waals surface area contributed by atoms with Gasteiger partial charge < -0.3 is 9.52 Å². The zero-order chi connectivity index (χ0) is 11.4. The van der Waals surface area contributed by atoms with Gasteiger partial charge in [-0.2, -0.15) is 0 Å². The molecule has 1 aromatic carbocycles. The standard InChI is InChI=1S/C7H4ClNO.C4H4OS/c8-5-1-2-7-6(3-5)9-4-10-7;5-4-2-1-3-6-4/h1-4H;1-3,5H. The Balaban J connectivity index is 0.000000138. The van der Waals surface area contributed by atoms with E-state index in [4.69, 9.17) is 21.1 Å². The molecule has 3 nitrogen and oxygen atoms in total. The van der Waals surface area contributed by atoms with Crippen LogP contribution in [0.5, 0.6) is 5.06 Å². The van der Waals surface area contributed by atoms with E-state index < -0.39 is 0 Å². The van der Waals surface area contributed by atoms with Crippen LogP contribution in [0.4, 0.5) is 0 Å². The minimum absolute atomic E-state index is 0.384. The number of hydrogen-bond acceptors (Lipinski definition) is 4. The van der Waals surface area contributed by atoms with Crippen molar-refractivity contribution in [1.82, 2.24) is 4.98 Å². The highest BCUT2D eigenvalue weighted by Gasteiger charge is 1.96. The minimum Gasteiger partial charge on any atom is -0.499 e. The third-order valence-corrected chi connectivity index (χ3v) is 2.70. The second kappa shape index (κ2) is 5.01. The van der Waals surface area contributed by atoms with Crippen molar-refractivity contribution in [3.8, 4) is 5.06 Å². The topological polar surface area (TPSA) is 46.3 Å². The molecule has 2 aromatic heterocycles. The lowest BCUT2D eigenvalue weighted by molar-refractivity contribution is 0.491. The lowest BCUT2D eigenvalue weighted by Gasteiger charge is -1.85. The highest BCUT2D eigenvalue weighted by molar-refractivity contribution is 7.11. The van der Waals surface area contributed by atoms with Crippen LogP contribution in [0.3, 0.4) is 0 Å². The Hall–Kier alpha value is -1.52. The fraction of sp³-hybridized carbons (Fsp3) is 0. The van der Waals surface area contributed by atoms with E-state index in [2.05, 4.69) is 4.98 Å². The van der Waals surface area contributed by atoms with Gasteiger partial charge in [-0.1, -0.05) is 11.6 Å². The van der Waals surface area contributed by atoms with Crippen molar-refractivity contribution in [3.63, 3.8) is 0 Å². The van der Waals surface area contributed by atoms with Gasteiger partial charge in [0.1, 0.15) is 5.52 Å². The number of halogens is 1. The summed E-state index contributed by atoms with van der Waals surface area (Å²) in [5.41, 5.74) is 1.57. The number of fused-ring (bicyclic) bond motifs is 1. The number of rotatable bonds is 0. The SMILES string of the molecule is Clc1ccc2ocnc2c1.Oc1cccs1. The summed E-state index contributed by atoms with van der Waals surface area (Å²) in [7, 11) is 0. The molecule has 0 atom stereocenters. The Kier molecular flexibility index (Phi) is 3.44. The highest BCUT2D eigenvalue weighted by atomic mass is 35.5. The number of aromatic nitrogens is 1. The van der Waals surface area contributed by atoms with E-state index in [1.54, 1.807) is 30.3 Å². The van der Waals surface area contributed by atoms with E-state index in [1.807, 2.05) is 5.38 Å². The third kappa shape index (κ3) is 2.74. The van der Waals surface area contributed by atoms with Crippen molar-refractivity contribution in [2.45, 2.75) is 0 Å². The van der Waals surface area contributed by atoms with Crippen LogP contribution in [-0.4, -0.2) is 10.1 Å². The molecular formula is C11H8ClNO2S. The first-order valence-electron chi connectivity index (χ1n) is 4.47. The summed E-state index contributed by atoms with van der Waals surface area (Å²) in [5.74, 6) is 0. The quantitative estimate of drug-likeness (QED) is 0.660. The van der Waals surface area contributed by atoms with Crippen LogP contribution >= 0.6 is 22.9 Å². The lowest BCUT2D eigenvalue weighted by atomic mass is 10.3. The number of aromatic hydroxyl groups is 1. The van der Waals surface area contributed by atoms with Crippen molar-refractivity contribution in [2.24, 2.45) is 0 Å². The van der Waals surface area contributed by atoms with Crippen LogP contribution in [0.25, 0.3) is 11.1 Å². The molecule has 0 saturated heterocycles. The molecule has 0 unspecified atom stereocenters. The second-order valence-corrected chi connectivity index (χ2v) is 4.28. The maximum atomic E-state index is 8.49. The van der Waals surface area contributed by atoms with Crippen LogP contribution in [-0.2, 0) is 0 Å². The van der Waals surface area contributed by atoms with E-state index in [-0.39, 0.29) is 0 Å². The highest BCUT2D eigenvalue weighted by Crippen LogP contribution is 2.17. The molecule has 16 heavy (non-hydrogen) atoms. The van der Waals surface area contributed by atoms with Gasteiger partial charge in [0.05, 0.1) is 0 Å². The van der Waals surface area contributed by atoms with Crippen LogP contribution in [0.2, 0.25) is 5.02 Å². The molecule has 0 aliphatic rings. The largest absolute Gasteiger partial charge is 0.499 e. The molecule has 0 aliphatic heterocycles. The fourth-order valence-corrected chi connectivity index (χ4v) is 1.72. The normalized spacial score (nSPS) is 9.81. The second-order valence-electron chi connectivity index (χ2n) is 2.92. The van der Waals surface area contributed by atoms with Gasteiger partial charge in [-0.25, -0.2) is 4.98 Å². The molecule has 0 aliphatic carbocycles. The van der Waals surface area contributed by atoms with Crippen molar-refractivity contribution in [2.75, 3.05) is 0 Å². The maximum Gasteiger partial charge on any atom is 0.181 e. The monoisotopic (exact) mass is 253 g/mol. The van der Waals surface area contributed by atoms with E-state index in [1.165, 1.54) is 17.7 Å². The maximum absolute atomic E-state index is 8.49. The van der Waals surface area contributed by atoms with Gasteiger partial charge >= 0.3 is 0 Å². The van der Waals surface area contributed by atoms with Gasteiger partial charge in [0.2, 0.25) is 0 Å². The van der Waals surface area contributed by atoms with Crippen molar-refractivity contribution in [1.29, 1.82) is 0 Å². The van der Waals surface area contributed by atoms with Crippen LogP contribution in [0.1, 0.15) is 0 Å². The molecule has 5 heteroatoms. The molecular weight excluding hydrogens is 246 g/mol. The smallest absolute Gasteiger partial charge is 0.181 e. The predicted molar refractivity (Wildman–Crippen MR) is 65.0 cm³/mol. The summed E-state index contributed by atoms with van der Waals surface area (Å²) >= 11 is 7.03. The van der Waals surface area contributed by atoms with E-state index in [0.717, 1.165) is 11.1 Å². The van der Waals surface area contributed by atoms with Gasteiger partial charge in [0.15, 0.2) is 17.0 Å². The molecule has 2 heterocycles. The first kappa shape index (κ1) is 11.0. The molecule has 3 rings (SSSR count).